The van der Waals surface area contributed by atoms with Crippen LogP contribution in [-0.4, -0.2) is 0 Å². The van der Waals surface area contributed by atoms with E-state index in [2.05, 4.69) is 41.5 Å². The van der Waals surface area contributed by atoms with Gasteiger partial charge in [0.05, 0.1) is 0 Å². The minimum absolute atomic E-state index is 1.47. The van der Waals surface area contributed by atoms with Gasteiger partial charge in [0, 0.05) is 0 Å². The summed E-state index contributed by atoms with van der Waals surface area (Å²) in [6.45, 7) is 13.5. The van der Waals surface area contributed by atoms with Gasteiger partial charge in [0.25, 0.3) is 0 Å². The monoisotopic (exact) mass is 186 g/mol. The van der Waals surface area contributed by atoms with Gasteiger partial charge in [-0.15, -0.1) is 0 Å². The summed E-state index contributed by atoms with van der Waals surface area (Å²) in [5, 5.41) is 0. The summed E-state index contributed by atoms with van der Waals surface area (Å²) < 4.78 is 0. The van der Waals surface area contributed by atoms with E-state index in [4.69, 9.17) is 0 Å². The van der Waals surface area contributed by atoms with Crippen molar-refractivity contribution >= 4 is 0 Å². The van der Waals surface area contributed by atoms with Gasteiger partial charge in [-0.25, -0.2) is 0 Å². The highest BCUT2D eigenvalue weighted by molar-refractivity contribution is 5.76. The molecule has 0 radical (unpaired) electrons. The molecule has 0 amide bonds. The van der Waals surface area contributed by atoms with Crippen molar-refractivity contribution < 1.29 is 0 Å². The van der Waals surface area contributed by atoms with Gasteiger partial charge in [-0.05, 0) is 86.1 Å². The minimum Gasteiger partial charge on any atom is -0.0440 e. The van der Waals surface area contributed by atoms with Crippen molar-refractivity contribution in [3.63, 3.8) is 0 Å². The van der Waals surface area contributed by atoms with Crippen LogP contribution in [-0.2, 0) is 0 Å². The maximum absolute atomic E-state index is 2.25. The van der Waals surface area contributed by atoms with Crippen LogP contribution in [0, 0.1) is 0 Å². The van der Waals surface area contributed by atoms with Gasteiger partial charge in [-0.1, -0.05) is 0 Å². The molecule has 2 aliphatic rings. The van der Waals surface area contributed by atoms with Crippen LogP contribution in [0.3, 0.4) is 0 Å². The van der Waals surface area contributed by atoms with Crippen LogP contribution in [0.4, 0.5) is 0 Å². The quantitative estimate of drug-likeness (QED) is 0.528. The number of rotatable bonds is 0. The fraction of sp³-hybridized carbons (Fsp3) is 0.429. The first-order valence-corrected chi connectivity index (χ1v) is 5.25. The molecule has 0 unspecified atom stereocenters. The molecule has 14 heavy (non-hydrogen) atoms. The van der Waals surface area contributed by atoms with E-state index in [1.807, 2.05) is 0 Å². The van der Waals surface area contributed by atoms with Crippen LogP contribution in [0.1, 0.15) is 41.5 Å². The van der Waals surface area contributed by atoms with Crippen LogP contribution in [0.15, 0.2) is 44.6 Å². The number of allylic oxidation sites excluding steroid dienone is 8. The molecule has 0 atom stereocenters. The van der Waals surface area contributed by atoms with Crippen molar-refractivity contribution in [3.8, 4) is 0 Å². The van der Waals surface area contributed by atoms with Crippen molar-refractivity contribution in [1.29, 1.82) is 0 Å². The predicted octanol–water partition coefficient (Wildman–Crippen LogP) is 4.32. The second kappa shape index (κ2) is 2.73. The lowest BCUT2D eigenvalue weighted by molar-refractivity contribution is 1.26. The molecule has 0 aliphatic heterocycles. The molecule has 0 saturated heterocycles. The Morgan fingerprint density at radius 2 is 0.643 bits per heavy atom. The zero-order valence-corrected chi connectivity index (χ0v) is 10.0. The first-order chi connectivity index (χ1) is 6.46. The van der Waals surface area contributed by atoms with E-state index in [1.165, 1.54) is 44.6 Å². The van der Waals surface area contributed by atoms with Crippen LogP contribution < -0.4 is 0 Å². The van der Waals surface area contributed by atoms with Crippen molar-refractivity contribution in [2.45, 2.75) is 41.5 Å². The topological polar surface area (TPSA) is 0 Å². The molecule has 0 N–H and O–H groups in total. The molecule has 0 heteroatoms. The molecule has 0 heterocycles. The van der Waals surface area contributed by atoms with Crippen LogP contribution >= 0.6 is 0 Å². The van der Waals surface area contributed by atoms with Crippen LogP contribution in [0.5, 0.6) is 0 Å². The van der Waals surface area contributed by atoms with Gasteiger partial charge in [0.1, 0.15) is 0 Å². The average Bonchev–Trinajstić information content (AvgIpc) is 2.51. The third-order valence-corrected chi connectivity index (χ3v) is 4.00. The summed E-state index contributed by atoms with van der Waals surface area (Å²) in [7, 11) is 0. The van der Waals surface area contributed by atoms with Gasteiger partial charge in [0.15, 0.2) is 0 Å². The molecule has 2 aliphatic carbocycles. The van der Waals surface area contributed by atoms with Crippen molar-refractivity contribution in [3.05, 3.63) is 44.6 Å². The second-order valence-corrected chi connectivity index (χ2v) is 4.50. The van der Waals surface area contributed by atoms with Crippen molar-refractivity contribution in [2.75, 3.05) is 0 Å². The molecule has 0 nitrogen and oxygen atoms in total. The van der Waals surface area contributed by atoms with Gasteiger partial charge in [-0.3, -0.25) is 0 Å². The lowest BCUT2D eigenvalue weighted by Gasteiger charge is -2.02. The summed E-state index contributed by atoms with van der Waals surface area (Å²) in [5.74, 6) is 0. The largest absolute Gasteiger partial charge is 0.0440 e. The van der Waals surface area contributed by atoms with Crippen molar-refractivity contribution in [2.24, 2.45) is 0 Å². The molecule has 74 valence electrons. The molecule has 0 bridgehead atoms. The Morgan fingerprint density at radius 3 is 0.929 bits per heavy atom. The Bertz CT molecular complexity index is 404. The fourth-order valence-electron chi connectivity index (χ4n) is 2.62. The highest BCUT2D eigenvalue weighted by Crippen LogP contribution is 2.48. The Hall–Kier alpha value is -1.04. The minimum atomic E-state index is 1.47. The molecular weight excluding hydrogens is 168 g/mol. The zero-order chi connectivity index (χ0) is 10.6. The first-order valence-electron chi connectivity index (χ1n) is 5.25. The Labute approximate surface area is 86.7 Å². The maximum atomic E-state index is 2.25. The molecule has 0 aromatic heterocycles. The van der Waals surface area contributed by atoms with E-state index in [-0.39, 0.29) is 0 Å². The standard InChI is InChI=1S/C14H18/c1-7-9(3)13-11(5)8(2)12(6)14(13)10(7)4/h1-6H3. The smallest absolute Gasteiger partial charge is 0.0114 e. The van der Waals surface area contributed by atoms with Crippen LogP contribution in [0.2, 0.25) is 0 Å². The summed E-state index contributed by atoms with van der Waals surface area (Å²) in [6, 6.07) is 0. The Kier molecular flexibility index (Phi) is 1.85. The normalized spacial score (nSPS) is 21.9. The Morgan fingerprint density at radius 1 is 0.357 bits per heavy atom. The molecule has 0 aromatic carbocycles. The lowest BCUT2D eigenvalue weighted by atomic mass is 10.0. The van der Waals surface area contributed by atoms with Crippen LogP contribution in [0.25, 0.3) is 0 Å². The SMILES string of the molecule is CC1=C(C)C2=C(C)C(C)=C(C)C2=C1C. The van der Waals surface area contributed by atoms with Gasteiger partial charge in [0.2, 0.25) is 0 Å². The number of hydrogen-bond donors (Lipinski definition) is 0. The lowest BCUT2D eigenvalue weighted by Crippen LogP contribution is -1.84. The van der Waals surface area contributed by atoms with E-state index < -0.39 is 0 Å². The predicted molar refractivity (Wildman–Crippen MR) is 62.1 cm³/mol. The van der Waals surface area contributed by atoms with E-state index in [9.17, 15) is 0 Å². The molecule has 2 rings (SSSR count). The van der Waals surface area contributed by atoms with Crippen molar-refractivity contribution in [1.82, 2.24) is 0 Å². The summed E-state index contributed by atoms with van der Waals surface area (Å²) in [5.41, 5.74) is 11.9. The van der Waals surface area contributed by atoms with Gasteiger partial charge < -0.3 is 0 Å². The average molecular weight is 186 g/mol. The molecule has 0 fully saturated rings. The maximum Gasteiger partial charge on any atom is -0.0114 e. The zero-order valence-electron chi connectivity index (χ0n) is 10.0. The third-order valence-electron chi connectivity index (χ3n) is 4.00. The Balaban J connectivity index is 2.76. The van der Waals surface area contributed by atoms with Gasteiger partial charge >= 0.3 is 0 Å². The van der Waals surface area contributed by atoms with E-state index in [1.54, 1.807) is 0 Å². The fourth-order valence-corrected chi connectivity index (χ4v) is 2.62. The molecule has 0 saturated carbocycles. The van der Waals surface area contributed by atoms with E-state index in [0.717, 1.165) is 0 Å². The highest BCUT2D eigenvalue weighted by Gasteiger charge is 2.29. The van der Waals surface area contributed by atoms with Gasteiger partial charge in [-0.2, -0.15) is 0 Å². The second-order valence-electron chi connectivity index (χ2n) is 4.50. The molecule has 0 aromatic rings. The third kappa shape index (κ3) is 0.890. The van der Waals surface area contributed by atoms with E-state index in [0.29, 0.717) is 0 Å². The van der Waals surface area contributed by atoms with E-state index >= 15 is 0 Å². The number of hydrogen-bond acceptors (Lipinski definition) is 0. The molecule has 0 spiro atoms. The number of fused-ring (bicyclic) bond motifs is 1. The molecular formula is C14H18. The summed E-state index contributed by atoms with van der Waals surface area (Å²) >= 11 is 0. The summed E-state index contributed by atoms with van der Waals surface area (Å²) in [6.07, 6.45) is 0. The summed E-state index contributed by atoms with van der Waals surface area (Å²) in [4.78, 5) is 0. The first kappa shape index (κ1) is 9.51. The highest BCUT2D eigenvalue weighted by atomic mass is 14.3.